The molecule has 0 spiro atoms. The second-order valence-electron chi connectivity index (χ2n) is 1.58. The van der Waals surface area contributed by atoms with E-state index in [1.165, 1.54) is 3.46 Å². The van der Waals surface area contributed by atoms with E-state index in [1.807, 2.05) is 20.1 Å². The van der Waals surface area contributed by atoms with Gasteiger partial charge >= 0.3 is 60.0 Å². The SMILES string of the molecule is CC(O)[N]([Pt])C(C)O. The van der Waals surface area contributed by atoms with Gasteiger partial charge in [0.05, 0.1) is 0 Å². The van der Waals surface area contributed by atoms with E-state index >= 15 is 0 Å². The van der Waals surface area contributed by atoms with Crippen molar-refractivity contribution in [1.82, 2.24) is 3.46 Å². The van der Waals surface area contributed by atoms with E-state index in [0.29, 0.717) is 0 Å². The zero-order valence-electron chi connectivity index (χ0n) is 4.81. The van der Waals surface area contributed by atoms with E-state index in [-0.39, 0.29) is 0 Å². The number of aliphatic hydroxyl groups is 2. The molecule has 0 aromatic rings. The summed E-state index contributed by atoms with van der Waals surface area (Å²) in [6, 6.07) is 0. The number of hydrogen-bond acceptors (Lipinski definition) is 3. The molecule has 8 heavy (non-hydrogen) atoms. The van der Waals surface area contributed by atoms with Crippen LogP contribution in [0.25, 0.3) is 0 Å². The summed E-state index contributed by atoms with van der Waals surface area (Å²) in [6.07, 6.45) is -1.17. The van der Waals surface area contributed by atoms with E-state index in [0.717, 1.165) is 0 Å². The zero-order valence-corrected chi connectivity index (χ0v) is 7.08. The molecule has 0 aromatic heterocycles. The van der Waals surface area contributed by atoms with Crippen molar-refractivity contribution in [3.8, 4) is 0 Å². The molecule has 0 radical (unpaired) electrons. The molecule has 0 aliphatic carbocycles. The van der Waals surface area contributed by atoms with Crippen LogP contribution in [0, 0.1) is 0 Å². The minimum atomic E-state index is -0.586. The van der Waals surface area contributed by atoms with Crippen LogP contribution in [0.15, 0.2) is 0 Å². The monoisotopic (exact) mass is 299 g/mol. The minimum absolute atomic E-state index is 0.586. The fourth-order valence-corrected chi connectivity index (χ4v) is 0.312. The number of aliphatic hydroxyl groups excluding tert-OH is 2. The van der Waals surface area contributed by atoms with Gasteiger partial charge in [-0.05, 0) is 0 Å². The van der Waals surface area contributed by atoms with E-state index in [2.05, 4.69) is 0 Å². The molecule has 3 nitrogen and oxygen atoms in total. The van der Waals surface area contributed by atoms with Crippen molar-refractivity contribution in [2.75, 3.05) is 0 Å². The molecule has 0 aliphatic rings. The Hall–Kier alpha value is 0.568. The molecule has 53 valence electrons. The van der Waals surface area contributed by atoms with Crippen LogP contribution < -0.4 is 0 Å². The van der Waals surface area contributed by atoms with Crippen molar-refractivity contribution in [1.29, 1.82) is 0 Å². The first-order valence-corrected chi connectivity index (χ1v) is 3.35. The molecule has 0 aromatic carbocycles. The Morgan fingerprint density at radius 2 is 1.50 bits per heavy atom. The molecule has 0 amide bonds. The average Bonchev–Trinajstić information content (AvgIpc) is 1.64. The first-order valence-electron chi connectivity index (χ1n) is 2.33. The number of hydrogen-bond donors (Lipinski definition) is 2. The third-order valence-corrected chi connectivity index (χ3v) is 2.37. The summed E-state index contributed by atoms with van der Waals surface area (Å²) < 4.78 is 1.42. The summed E-state index contributed by atoms with van der Waals surface area (Å²) in [5.41, 5.74) is 0. The molecule has 0 fully saturated rings. The number of nitrogens with zero attached hydrogens (tertiary/aromatic N) is 1. The van der Waals surface area contributed by atoms with Crippen LogP contribution in [0.2, 0.25) is 0 Å². The van der Waals surface area contributed by atoms with Crippen LogP contribution in [0.1, 0.15) is 13.8 Å². The predicted molar refractivity (Wildman–Crippen MR) is 25.2 cm³/mol. The quantitative estimate of drug-likeness (QED) is 0.671. The van der Waals surface area contributed by atoms with Gasteiger partial charge in [-0.2, -0.15) is 0 Å². The number of rotatable bonds is 2. The predicted octanol–water partition coefficient (Wildman–Crippen LogP) is -0.573. The molecule has 0 heterocycles. The zero-order chi connectivity index (χ0) is 6.73. The van der Waals surface area contributed by atoms with Crippen molar-refractivity contribution in [3.05, 3.63) is 0 Å². The van der Waals surface area contributed by atoms with Crippen LogP contribution in [-0.2, 0) is 20.1 Å². The van der Waals surface area contributed by atoms with Crippen molar-refractivity contribution >= 4 is 0 Å². The van der Waals surface area contributed by atoms with Gasteiger partial charge in [0.25, 0.3) is 0 Å². The van der Waals surface area contributed by atoms with E-state index in [4.69, 9.17) is 10.2 Å². The van der Waals surface area contributed by atoms with Gasteiger partial charge in [0, 0.05) is 0 Å². The Labute approximate surface area is 60.5 Å². The van der Waals surface area contributed by atoms with Gasteiger partial charge in [-0.3, -0.25) is 0 Å². The van der Waals surface area contributed by atoms with Gasteiger partial charge in [0.1, 0.15) is 0 Å². The van der Waals surface area contributed by atoms with E-state index in [1.54, 1.807) is 13.8 Å². The maximum atomic E-state index is 8.75. The summed E-state index contributed by atoms with van der Waals surface area (Å²) in [4.78, 5) is 0. The molecule has 0 bridgehead atoms. The van der Waals surface area contributed by atoms with Crippen LogP contribution in [0.4, 0.5) is 0 Å². The van der Waals surface area contributed by atoms with Crippen LogP contribution in [0.3, 0.4) is 0 Å². The molecular formula is C4H10NO2Pt. The van der Waals surface area contributed by atoms with Crippen LogP contribution >= 0.6 is 0 Å². The van der Waals surface area contributed by atoms with Crippen molar-refractivity contribution in [2.45, 2.75) is 26.3 Å². The third kappa shape index (κ3) is 2.77. The van der Waals surface area contributed by atoms with Gasteiger partial charge in [-0.15, -0.1) is 0 Å². The average molecular weight is 299 g/mol. The maximum absolute atomic E-state index is 8.75. The van der Waals surface area contributed by atoms with Gasteiger partial charge < -0.3 is 0 Å². The third-order valence-electron chi connectivity index (χ3n) is 0.668. The van der Waals surface area contributed by atoms with Crippen molar-refractivity contribution in [3.63, 3.8) is 0 Å². The summed E-state index contributed by atoms with van der Waals surface area (Å²) in [5, 5.41) is 17.5. The molecule has 0 aliphatic heterocycles. The second-order valence-corrected chi connectivity index (χ2v) is 2.75. The standard InChI is InChI=1S/C4H10NO2.Pt/c1-3(6)5-4(2)7;/h3-4,6-7H,1-2H3;/q-1;+1. The van der Waals surface area contributed by atoms with E-state index < -0.39 is 12.5 Å². The fourth-order valence-electron chi connectivity index (χ4n) is 0.312. The molecule has 0 saturated heterocycles. The molecule has 4 heteroatoms. The molecular weight excluding hydrogens is 289 g/mol. The molecule has 2 unspecified atom stereocenters. The summed E-state index contributed by atoms with van der Waals surface area (Å²) >= 11 is 1.84. The molecule has 0 saturated carbocycles. The normalized spacial score (nSPS) is 18.9. The summed E-state index contributed by atoms with van der Waals surface area (Å²) in [6.45, 7) is 3.19. The summed E-state index contributed by atoms with van der Waals surface area (Å²) in [5.74, 6) is 0. The van der Waals surface area contributed by atoms with Gasteiger partial charge in [0.15, 0.2) is 0 Å². The Morgan fingerprint density at radius 3 is 1.50 bits per heavy atom. The molecule has 2 atom stereocenters. The second kappa shape index (κ2) is 3.57. The van der Waals surface area contributed by atoms with Crippen LogP contribution in [0.5, 0.6) is 0 Å². The fraction of sp³-hybridized carbons (Fsp3) is 1.00. The Bertz CT molecular complexity index is 59.1. The summed E-state index contributed by atoms with van der Waals surface area (Å²) in [7, 11) is 0. The Kier molecular flexibility index (Phi) is 3.82. The van der Waals surface area contributed by atoms with Crippen molar-refractivity contribution < 1.29 is 30.3 Å². The molecule has 0 rings (SSSR count). The first kappa shape index (κ1) is 8.57. The topological polar surface area (TPSA) is 43.7 Å². The molecule has 2 N–H and O–H groups in total. The first-order chi connectivity index (χ1) is 3.55. The van der Waals surface area contributed by atoms with Gasteiger partial charge in [0.2, 0.25) is 0 Å². The Morgan fingerprint density at radius 1 is 1.25 bits per heavy atom. The van der Waals surface area contributed by atoms with E-state index in [9.17, 15) is 0 Å². The van der Waals surface area contributed by atoms with Crippen LogP contribution in [-0.4, -0.2) is 26.1 Å². The Balaban J connectivity index is 3.46. The van der Waals surface area contributed by atoms with Gasteiger partial charge in [-0.1, -0.05) is 0 Å². The van der Waals surface area contributed by atoms with Gasteiger partial charge in [-0.25, -0.2) is 0 Å². The van der Waals surface area contributed by atoms with Crippen molar-refractivity contribution in [2.24, 2.45) is 0 Å².